The molecule has 0 radical (unpaired) electrons. The second-order valence-electron chi connectivity index (χ2n) is 5.32. The van der Waals surface area contributed by atoms with Gasteiger partial charge in [-0.3, -0.25) is 4.98 Å². The van der Waals surface area contributed by atoms with Crippen molar-refractivity contribution in [1.82, 2.24) is 9.71 Å². The number of pyridine rings is 1. The van der Waals surface area contributed by atoms with Crippen LogP contribution in [0.2, 0.25) is 0 Å². The number of aromatic nitrogens is 1. The predicted octanol–water partition coefficient (Wildman–Crippen LogP) is 2.69. The molecule has 0 spiro atoms. The second kappa shape index (κ2) is 6.54. The highest BCUT2D eigenvalue weighted by Gasteiger charge is 2.34. The van der Waals surface area contributed by atoms with Crippen molar-refractivity contribution in [2.75, 3.05) is 0 Å². The van der Waals surface area contributed by atoms with E-state index in [1.165, 1.54) is 12.4 Å². The van der Waals surface area contributed by atoms with E-state index >= 15 is 0 Å². The molecule has 2 heterocycles. The number of benzene rings is 1. The molecule has 0 aliphatic rings. The summed E-state index contributed by atoms with van der Waals surface area (Å²) in [6, 6.07) is 6.47. The highest BCUT2D eigenvalue weighted by molar-refractivity contribution is 7.89. The zero-order chi connectivity index (χ0) is 18.9. The van der Waals surface area contributed by atoms with Crippen molar-refractivity contribution in [2.24, 2.45) is 0 Å². The molecule has 0 amide bonds. The van der Waals surface area contributed by atoms with Gasteiger partial charge in [0.1, 0.15) is 5.58 Å². The number of nitrogens with one attached hydrogen (secondary N) is 1. The summed E-state index contributed by atoms with van der Waals surface area (Å²) >= 11 is 0. The molecule has 1 N–H and O–H groups in total. The number of rotatable bonds is 4. The summed E-state index contributed by atoms with van der Waals surface area (Å²) in [7, 11) is -4.09. The SMILES string of the molecule is O=c1cc(C(F)(F)F)c2cc(S(=O)(=O)NCc3cccnc3)ccc2o1. The van der Waals surface area contributed by atoms with Crippen molar-refractivity contribution < 1.29 is 26.0 Å². The first kappa shape index (κ1) is 18.1. The third-order valence-corrected chi connectivity index (χ3v) is 4.92. The predicted molar refractivity (Wildman–Crippen MR) is 85.7 cm³/mol. The minimum absolute atomic E-state index is 0.0792. The molecule has 0 aliphatic carbocycles. The van der Waals surface area contributed by atoms with Gasteiger partial charge in [-0.1, -0.05) is 6.07 Å². The molecule has 3 rings (SSSR count). The number of sulfonamides is 1. The molecule has 136 valence electrons. The Kier molecular flexibility index (Phi) is 4.55. The van der Waals surface area contributed by atoms with Crippen molar-refractivity contribution in [2.45, 2.75) is 17.6 Å². The van der Waals surface area contributed by atoms with E-state index < -0.39 is 32.8 Å². The second-order valence-corrected chi connectivity index (χ2v) is 7.09. The summed E-state index contributed by atoms with van der Waals surface area (Å²) in [5, 5.41) is -0.513. The lowest BCUT2D eigenvalue weighted by atomic mass is 10.1. The molecular formula is C16H11F3N2O4S. The quantitative estimate of drug-likeness (QED) is 0.699. The highest BCUT2D eigenvalue weighted by atomic mass is 32.2. The lowest BCUT2D eigenvalue weighted by Gasteiger charge is -2.11. The van der Waals surface area contributed by atoms with Crippen LogP contribution >= 0.6 is 0 Å². The van der Waals surface area contributed by atoms with Crippen LogP contribution in [0.25, 0.3) is 11.0 Å². The minimum atomic E-state index is -4.83. The number of hydrogen-bond acceptors (Lipinski definition) is 5. The van der Waals surface area contributed by atoms with Gasteiger partial charge in [-0.05, 0) is 29.8 Å². The highest BCUT2D eigenvalue weighted by Crippen LogP contribution is 2.34. The van der Waals surface area contributed by atoms with Crippen LogP contribution in [0.5, 0.6) is 0 Å². The average molecular weight is 384 g/mol. The molecule has 10 heteroatoms. The Morgan fingerprint density at radius 3 is 2.58 bits per heavy atom. The van der Waals surface area contributed by atoms with Gasteiger partial charge in [0.25, 0.3) is 0 Å². The van der Waals surface area contributed by atoms with Gasteiger partial charge in [-0.25, -0.2) is 17.9 Å². The normalized spacial score (nSPS) is 12.4. The Labute approximate surface area is 145 Å². The maximum Gasteiger partial charge on any atom is 0.417 e. The average Bonchev–Trinajstić information content (AvgIpc) is 2.59. The molecule has 3 aromatic rings. The van der Waals surface area contributed by atoms with Crippen molar-refractivity contribution in [3.8, 4) is 0 Å². The van der Waals surface area contributed by atoms with E-state index in [0.29, 0.717) is 11.6 Å². The first-order valence-electron chi connectivity index (χ1n) is 7.20. The molecule has 1 aromatic carbocycles. The van der Waals surface area contributed by atoms with Gasteiger partial charge in [0, 0.05) is 30.4 Å². The van der Waals surface area contributed by atoms with E-state index in [1.54, 1.807) is 12.1 Å². The molecule has 0 unspecified atom stereocenters. The molecule has 0 saturated carbocycles. The van der Waals surface area contributed by atoms with Crippen molar-refractivity contribution >= 4 is 21.0 Å². The van der Waals surface area contributed by atoms with E-state index in [4.69, 9.17) is 4.42 Å². The van der Waals surface area contributed by atoms with Gasteiger partial charge in [-0.2, -0.15) is 13.2 Å². The largest absolute Gasteiger partial charge is 0.423 e. The van der Waals surface area contributed by atoms with Gasteiger partial charge >= 0.3 is 11.8 Å². The lowest BCUT2D eigenvalue weighted by Crippen LogP contribution is -2.23. The first-order chi connectivity index (χ1) is 12.2. The number of fused-ring (bicyclic) bond motifs is 1. The zero-order valence-electron chi connectivity index (χ0n) is 12.9. The summed E-state index contributed by atoms with van der Waals surface area (Å²) in [6.45, 7) is -0.0792. The van der Waals surface area contributed by atoms with E-state index in [0.717, 1.165) is 18.2 Å². The Morgan fingerprint density at radius 1 is 1.15 bits per heavy atom. The third kappa shape index (κ3) is 3.75. The fourth-order valence-corrected chi connectivity index (χ4v) is 3.35. The smallest absolute Gasteiger partial charge is 0.417 e. The summed E-state index contributed by atoms with van der Waals surface area (Å²) in [5.74, 6) is 0. The monoisotopic (exact) mass is 384 g/mol. The van der Waals surface area contributed by atoms with Crippen LogP contribution in [0.3, 0.4) is 0 Å². The summed E-state index contributed by atoms with van der Waals surface area (Å²) in [5.41, 5.74) is -2.20. The number of alkyl halides is 3. The lowest BCUT2D eigenvalue weighted by molar-refractivity contribution is -0.136. The Balaban J connectivity index is 2.02. The van der Waals surface area contributed by atoms with Crippen LogP contribution in [0.15, 0.2) is 62.9 Å². The molecule has 0 atom stereocenters. The van der Waals surface area contributed by atoms with E-state index in [2.05, 4.69) is 9.71 Å². The molecule has 2 aromatic heterocycles. The van der Waals surface area contributed by atoms with Crippen LogP contribution in [-0.4, -0.2) is 13.4 Å². The fraction of sp³-hybridized carbons (Fsp3) is 0.125. The van der Waals surface area contributed by atoms with E-state index in [9.17, 15) is 26.4 Å². The summed E-state index contributed by atoms with van der Waals surface area (Å²) in [6.07, 6.45) is -1.85. The maximum absolute atomic E-state index is 13.1. The number of hydrogen-bond donors (Lipinski definition) is 1. The molecule has 0 fully saturated rings. The van der Waals surface area contributed by atoms with Crippen molar-refractivity contribution in [3.05, 3.63) is 70.3 Å². The van der Waals surface area contributed by atoms with Gasteiger partial charge < -0.3 is 4.42 Å². The molecule has 0 saturated heterocycles. The van der Waals surface area contributed by atoms with E-state index in [1.807, 2.05) is 0 Å². The van der Waals surface area contributed by atoms with Gasteiger partial charge in [0.05, 0.1) is 10.5 Å². The van der Waals surface area contributed by atoms with E-state index in [-0.39, 0.29) is 17.0 Å². The molecule has 0 bridgehead atoms. The van der Waals surface area contributed by atoms with Crippen LogP contribution in [0.1, 0.15) is 11.1 Å². The fourth-order valence-electron chi connectivity index (χ4n) is 2.31. The van der Waals surface area contributed by atoms with Crippen molar-refractivity contribution in [3.63, 3.8) is 0 Å². The third-order valence-electron chi connectivity index (χ3n) is 3.52. The Bertz CT molecular complexity index is 1110. The van der Waals surface area contributed by atoms with Crippen molar-refractivity contribution in [1.29, 1.82) is 0 Å². The summed E-state index contributed by atoms with van der Waals surface area (Å²) < 4.78 is 71.2. The van der Waals surface area contributed by atoms with Crippen LogP contribution in [0.4, 0.5) is 13.2 Å². The summed E-state index contributed by atoms with van der Waals surface area (Å²) in [4.78, 5) is 14.8. The van der Waals surface area contributed by atoms with Gasteiger partial charge in [-0.15, -0.1) is 0 Å². The topological polar surface area (TPSA) is 89.3 Å². The van der Waals surface area contributed by atoms with Gasteiger partial charge in [0.2, 0.25) is 10.0 Å². The van der Waals surface area contributed by atoms with Crippen LogP contribution in [-0.2, 0) is 22.7 Å². The van der Waals surface area contributed by atoms with Crippen LogP contribution < -0.4 is 10.3 Å². The standard InChI is InChI=1S/C16H11F3N2O4S/c17-16(18,19)13-7-15(22)25-14-4-3-11(6-12(13)14)26(23,24)21-9-10-2-1-5-20-8-10/h1-8,21H,9H2. The zero-order valence-corrected chi connectivity index (χ0v) is 13.8. The Hall–Kier alpha value is -2.72. The Morgan fingerprint density at radius 2 is 1.92 bits per heavy atom. The van der Waals surface area contributed by atoms with Crippen LogP contribution in [0, 0.1) is 0 Å². The number of nitrogens with zero attached hydrogens (tertiary/aromatic N) is 1. The molecule has 6 nitrogen and oxygen atoms in total. The molecule has 0 aliphatic heterocycles. The molecular weight excluding hydrogens is 373 g/mol. The minimum Gasteiger partial charge on any atom is -0.423 e. The van der Waals surface area contributed by atoms with Gasteiger partial charge in [0.15, 0.2) is 0 Å². The molecule has 26 heavy (non-hydrogen) atoms. The first-order valence-corrected chi connectivity index (χ1v) is 8.69. The number of halogens is 3. The maximum atomic E-state index is 13.1.